The van der Waals surface area contributed by atoms with E-state index in [2.05, 4.69) is 37.5 Å². The maximum Gasteiger partial charge on any atom is 0.0788 e. The van der Waals surface area contributed by atoms with Crippen molar-refractivity contribution in [2.24, 2.45) is 10.8 Å². The molecule has 0 aromatic heterocycles. The van der Waals surface area contributed by atoms with Crippen LogP contribution in [0.1, 0.15) is 53.4 Å². The molecule has 5 rings (SSSR count). The maximum atomic E-state index is 11.1. The molecule has 0 amide bonds. The van der Waals surface area contributed by atoms with Crippen molar-refractivity contribution < 1.29 is 9.84 Å². The molecule has 4 bridgehead atoms. The summed E-state index contributed by atoms with van der Waals surface area (Å²) in [5.74, 6) is 0. The lowest BCUT2D eigenvalue weighted by Crippen LogP contribution is -2.85. The van der Waals surface area contributed by atoms with Crippen LogP contribution in [0.4, 0.5) is 0 Å². The maximum absolute atomic E-state index is 11.1. The largest absolute Gasteiger partial charge is 0.392 e. The van der Waals surface area contributed by atoms with Crippen molar-refractivity contribution in [3.63, 3.8) is 0 Å². The van der Waals surface area contributed by atoms with Gasteiger partial charge in [0.05, 0.1) is 24.0 Å². The fraction of sp³-hybridized carbons (Fsp3) is 1.00. The number of aliphatic hydroxyl groups excluding tert-OH is 1. The third-order valence-corrected chi connectivity index (χ3v) is 6.99. The van der Waals surface area contributed by atoms with E-state index in [1.807, 2.05) is 0 Å². The summed E-state index contributed by atoms with van der Waals surface area (Å²) >= 11 is 0. The first kappa shape index (κ1) is 15.4. The Hall–Kier alpha value is -0.160. The minimum absolute atomic E-state index is 0.0366. The number of hydrogen-bond donors (Lipinski definition) is 1. The predicted molar refractivity (Wildman–Crippen MR) is 86.6 cm³/mol. The van der Waals surface area contributed by atoms with Crippen LogP contribution in [0.3, 0.4) is 0 Å². The van der Waals surface area contributed by atoms with E-state index in [4.69, 9.17) is 4.74 Å². The second kappa shape index (κ2) is 4.47. The summed E-state index contributed by atoms with van der Waals surface area (Å²) < 4.78 is 6.01. The number of ether oxygens (including phenoxy) is 1. The van der Waals surface area contributed by atoms with Crippen LogP contribution < -0.4 is 0 Å². The lowest BCUT2D eigenvalue weighted by Gasteiger charge is -2.74. The van der Waals surface area contributed by atoms with E-state index in [1.54, 1.807) is 0 Å². The summed E-state index contributed by atoms with van der Waals surface area (Å²) in [6, 6.07) is 0. The van der Waals surface area contributed by atoms with Gasteiger partial charge in [-0.2, -0.15) is 0 Å². The molecule has 5 aliphatic rings. The van der Waals surface area contributed by atoms with Crippen LogP contribution in [-0.4, -0.2) is 65.1 Å². The molecule has 0 saturated carbocycles. The van der Waals surface area contributed by atoms with Crippen molar-refractivity contribution in [2.45, 2.75) is 70.7 Å². The molecule has 5 fully saturated rings. The highest BCUT2D eigenvalue weighted by Gasteiger charge is 2.68. The molecule has 0 aromatic carbocycles. The van der Waals surface area contributed by atoms with Crippen molar-refractivity contribution in [2.75, 3.05) is 32.8 Å². The van der Waals surface area contributed by atoms with E-state index in [1.165, 1.54) is 0 Å². The summed E-state index contributed by atoms with van der Waals surface area (Å²) in [5, 5.41) is 11.1. The fourth-order valence-electron chi connectivity index (χ4n) is 6.36. The van der Waals surface area contributed by atoms with Gasteiger partial charge in [0.25, 0.3) is 0 Å². The first-order chi connectivity index (χ1) is 10.3. The van der Waals surface area contributed by atoms with E-state index >= 15 is 0 Å². The summed E-state index contributed by atoms with van der Waals surface area (Å²) in [6.07, 6.45) is 4.38. The molecule has 0 aliphatic carbocycles. The van der Waals surface area contributed by atoms with Crippen molar-refractivity contribution in [1.29, 1.82) is 0 Å². The smallest absolute Gasteiger partial charge is 0.0788 e. The average Bonchev–Trinajstić information content (AvgIpc) is 2.39. The van der Waals surface area contributed by atoms with Crippen LogP contribution >= 0.6 is 0 Å². The molecular formula is C18H32N2O2. The van der Waals surface area contributed by atoms with Gasteiger partial charge in [0.2, 0.25) is 0 Å². The van der Waals surface area contributed by atoms with Crippen LogP contribution in [-0.2, 0) is 4.74 Å². The van der Waals surface area contributed by atoms with Crippen molar-refractivity contribution in [3.8, 4) is 0 Å². The first-order valence-corrected chi connectivity index (χ1v) is 9.08. The second-order valence-corrected chi connectivity index (χ2v) is 9.40. The van der Waals surface area contributed by atoms with Crippen molar-refractivity contribution >= 4 is 0 Å². The van der Waals surface area contributed by atoms with Gasteiger partial charge in [-0.05, 0) is 20.3 Å². The summed E-state index contributed by atoms with van der Waals surface area (Å²) in [5.41, 5.74) is 0.275. The highest BCUT2D eigenvalue weighted by molar-refractivity contribution is 5.19. The second-order valence-electron chi connectivity index (χ2n) is 9.40. The Morgan fingerprint density at radius 3 is 2.27 bits per heavy atom. The zero-order valence-corrected chi connectivity index (χ0v) is 14.7. The molecular weight excluding hydrogens is 276 g/mol. The number of aliphatic hydroxyl groups is 1. The molecule has 1 spiro atoms. The van der Waals surface area contributed by atoms with Gasteiger partial charge in [0.1, 0.15) is 0 Å². The minimum atomic E-state index is -0.141. The Morgan fingerprint density at radius 2 is 1.73 bits per heavy atom. The van der Waals surface area contributed by atoms with E-state index in [9.17, 15) is 5.11 Å². The molecule has 3 atom stereocenters. The van der Waals surface area contributed by atoms with Gasteiger partial charge >= 0.3 is 0 Å². The molecule has 1 N–H and O–H groups in total. The predicted octanol–water partition coefficient (Wildman–Crippen LogP) is 2.07. The van der Waals surface area contributed by atoms with Crippen LogP contribution in [0.2, 0.25) is 0 Å². The van der Waals surface area contributed by atoms with E-state index in [-0.39, 0.29) is 28.2 Å². The Labute approximate surface area is 134 Å². The van der Waals surface area contributed by atoms with Gasteiger partial charge < -0.3 is 9.84 Å². The van der Waals surface area contributed by atoms with Crippen LogP contribution in [0.15, 0.2) is 0 Å². The van der Waals surface area contributed by atoms with Gasteiger partial charge in [-0.1, -0.05) is 20.3 Å². The third-order valence-electron chi connectivity index (χ3n) is 6.99. The molecule has 4 heteroatoms. The van der Waals surface area contributed by atoms with Gasteiger partial charge in [-0.3, -0.25) is 9.80 Å². The molecule has 3 unspecified atom stereocenters. The fourth-order valence-corrected chi connectivity index (χ4v) is 6.36. The summed E-state index contributed by atoms with van der Waals surface area (Å²) in [6.45, 7) is 14.1. The first-order valence-electron chi connectivity index (χ1n) is 9.08. The Balaban J connectivity index is 1.72. The topological polar surface area (TPSA) is 35.9 Å². The standard InChI is InChI=1S/C18H32N2O2/c1-5-6-17-12-19-10-16(4,14(17)21)11-20(13-17)18(19)7-8-22-15(2,3)9-18/h14,21H,5-13H2,1-4H3. The molecule has 126 valence electrons. The lowest BCUT2D eigenvalue weighted by atomic mass is 9.56. The van der Waals surface area contributed by atoms with Gasteiger partial charge in [-0.15, -0.1) is 0 Å². The van der Waals surface area contributed by atoms with Gasteiger partial charge in [0.15, 0.2) is 0 Å². The SMILES string of the molecule is CCCC12CN3CC(C)(CN(C1)C31CCOC(C)(C)C1)C2O. The zero-order valence-electron chi connectivity index (χ0n) is 14.7. The molecule has 5 heterocycles. The normalized spacial score (nSPS) is 55.8. The lowest BCUT2D eigenvalue weighted by molar-refractivity contribution is -0.317. The molecule has 0 radical (unpaired) electrons. The third kappa shape index (κ3) is 1.84. The average molecular weight is 308 g/mol. The minimum Gasteiger partial charge on any atom is -0.392 e. The number of nitrogens with zero attached hydrogens (tertiary/aromatic N) is 2. The molecule has 5 aliphatic heterocycles. The monoisotopic (exact) mass is 308 g/mol. The number of hydrogen-bond acceptors (Lipinski definition) is 4. The van der Waals surface area contributed by atoms with Gasteiger partial charge in [0, 0.05) is 49.9 Å². The van der Waals surface area contributed by atoms with E-state index in [0.717, 1.165) is 58.5 Å². The molecule has 4 nitrogen and oxygen atoms in total. The van der Waals surface area contributed by atoms with E-state index in [0.29, 0.717) is 0 Å². The zero-order chi connectivity index (χ0) is 15.8. The van der Waals surface area contributed by atoms with Crippen LogP contribution in [0.25, 0.3) is 0 Å². The van der Waals surface area contributed by atoms with Gasteiger partial charge in [-0.25, -0.2) is 0 Å². The van der Waals surface area contributed by atoms with E-state index < -0.39 is 0 Å². The summed E-state index contributed by atoms with van der Waals surface area (Å²) in [4.78, 5) is 5.46. The van der Waals surface area contributed by atoms with Crippen LogP contribution in [0, 0.1) is 10.8 Å². The Kier molecular flexibility index (Phi) is 3.12. The molecule has 0 aromatic rings. The molecule has 5 saturated heterocycles. The van der Waals surface area contributed by atoms with Crippen molar-refractivity contribution in [1.82, 2.24) is 9.80 Å². The quantitative estimate of drug-likeness (QED) is 0.847. The number of rotatable bonds is 2. The Bertz CT molecular complexity index is 460. The number of piperidine rings is 2. The highest BCUT2D eigenvalue weighted by atomic mass is 16.5. The van der Waals surface area contributed by atoms with Crippen molar-refractivity contribution in [3.05, 3.63) is 0 Å². The molecule has 22 heavy (non-hydrogen) atoms. The summed E-state index contributed by atoms with van der Waals surface area (Å²) in [7, 11) is 0. The Morgan fingerprint density at radius 1 is 1.09 bits per heavy atom. The highest BCUT2D eigenvalue weighted by Crippen LogP contribution is 2.58. The van der Waals surface area contributed by atoms with Crippen LogP contribution in [0.5, 0.6) is 0 Å².